The van der Waals surface area contributed by atoms with Gasteiger partial charge in [0, 0.05) is 16.3 Å². The van der Waals surface area contributed by atoms with Crippen molar-refractivity contribution in [3.63, 3.8) is 0 Å². The predicted molar refractivity (Wildman–Crippen MR) is 130 cm³/mol. The molecule has 0 unspecified atom stereocenters. The number of rotatable bonds is 7. The summed E-state index contributed by atoms with van der Waals surface area (Å²) in [4.78, 5) is 46.6. The SMILES string of the molecule is CCOC(=O)Cc1csc(NC(=O)Cn2cnc3scc(-c4ccc(C)cc4C)c3c2=O)n1. The quantitative estimate of drug-likeness (QED) is 0.400. The smallest absolute Gasteiger partial charge is 0.311 e. The number of anilines is 1. The molecule has 0 fully saturated rings. The number of esters is 1. The Labute approximate surface area is 197 Å². The van der Waals surface area contributed by atoms with E-state index in [1.807, 2.05) is 31.4 Å². The molecule has 1 amide bonds. The molecule has 4 aromatic rings. The Hall–Kier alpha value is -3.37. The first kappa shape index (κ1) is 22.8. The van der Waals surface area contributed by atoms with Crippen LogP contribution in [0.15, 0.2) is 40.1 Å². The first-order valence-electron chi connectivity index (χ1n) is 10.3. The van der Waals surface area contributed by atoms with Crippen molar-refractivity contribution in [3.05, 3.63) is 62.5 Å². The summed E-state index contributed by atoms with van der Waals surface area (Å²) in [6.07, 6.45) is 1.43. The van der Waals surface area contributed by atoms with Gasteiger partial charge in [-0.3, -0.25) is 19.0 Å². The van der Waals surface area contributed by atoms with E-state index in [4.69, 9.17) is 4.74 Å². The van der Waals surface area contributed by atoms with Crippen molar-refractivity contribution < 1.29 is 14.3 Å². The van der Waals surface area contributed by atoms with Gasteiger partial charge in [0.1, 0.15) is 11.4 Å². The van der Waals surface area contributed by atoms with Gasteiger partial charge in [0.25, 0.3) is 5.56 Å². The fourth-order valence-electron chi connectivity index (χ4n) is 3.51. The number of hydrogen-bond acceptors (Lipinski definition) is 8. The number of aryl methyl sites for hydroxylation is 2. The third kappa shape index (κ3) is 5.01. The number of fused-ring (bicyclic) bond motifs is 1. The zero-order valence-corrected chi connectivity index (χ0v) is 20.0. The van der Waals surface area contributed by atoms with Crippen LogP contribution in [-0.4, -0.2) is 33.0 Å². The maximum atomic E-state index is 13.2. The highest BCUT2D eigenvalue weighted by molar-refractivity contribution is 7.17. The lowest BCUT2D eigenvalue weighted by atomic mass is 9.99. The van der Waals surface area contributed by atoms with E-state index in [2.05, 4.69) is 21.4 Å². The van der Waals surface area contributed by atoms with E-state index in [-0.39, 0.29) is 24.5 Å². The van der Waals surface area contributed by atoms with Gasteiger partial charge in [-0.25, -0.2) is 9.97 Å². The summed E-state index contributed by atoms with van der Waals surface area (Å²) in [7, 11) is 0. The lowest BCUT2D eigenvalue weighted by Crippen LogP contribution is -2.27. The van der Waals surface area contributed by atoms with Crippen LogP contribution in [-0.2, 0) is 27.3 Å². The Morgan fingerprint density at radius 1 is 1.15 bits per heavy atom. The molecule has 1 aromatic carbocycles. The molecule has 0 saturated carbocycles. The molecule has 0 aliphatic carbocycles. The van der Waals surface area contributed by atoms with E-state index in [9.17, 15) is 14.4 Å². The number of amides is 1. The van der Waals surface area contributed by atoms with Crippen molar-refractivity contribution in [2.75, 3.05) is 11.9 Å². The van der Waals surface area contributed by atoms with Crippen LogP contribution < -0.4 is 10.9 Å². The van der Waals surface area contributed by atoms with Crippen LogP contribution in [0.5, 0.6) is 0 Å². The average Bonchev–Trinajstić information content (AvgIpc) is 3.37. The van der Waals surface area contributed by atoms with Crippen molar-refractivity contribution in [2.45, 2.75) is 33.7 Å². The second kappa shape index (κ2) is 9.63. The van der Waals surface area contributed by atoms with E-state index in [1.165, 1.54) is 33.6 Å². The first-order valence-corrected chi connectivity index (χ1v) is 12.1. The minimum Gasteiger partial charge on any atom is -0.466 e. The van der Waals surface area contributed by atoms with Gasteiger partial charge in [-0.1, -0.05) is 23.8 Å². The maximum Gasteiger partial charge on any atom is 0.311 e. The van der Waals surface area contributed by atoms with Crippen molar-refractivity contribution >= 4 is 49.9 Å². The molecule has 3 aromatic heterocycles. The van der Waals surface area contributed by atoms with Gasteiger partial charge in [-0.2, -0.15) is 0 Å². The highest BCUT2D eigenvalue weighted by Crippen LogP contribution is 2.33. The Kier molecular flexibility index (Phi) is 6.66. The van der Waals surface area contributed by atoms with E-state index in [0.717, 1.165) is 22.3 Å². The molecule has 3 heterocycles. The number of aromatic nitrogens is 3. The van der Waals surface area contributed by atoms with Gasteiger partial charge in [0.2, 0.25) is 5.91 Å². The average molecular weight is 483 g/mol. The number of nitrogens with zero attached hydrogens (tertiary/aromatic N) is 3. The number of hydrogen-bond donors (Lipinski definition) is 1. The predicted octanol–water partition coefficient (Wildman–Crippen LogP) is 3.94. The van der Waals surface area contributed by atoms with Crippen molar-refractivity contribution in [2.24, 2.45) is 0 Å². The van der Waals surface area contributed by atoms with Crippen molar-refractivity contribution in [3.8, 4) is 11.1 Å². The van der Waals surface area contributed by atoms with Gasteiger partial charge in [-0.15, -0.1) is 22.7 Å². The molecule has 0 saturated heterocycles. The molecule has 4 rings (SSSR count). The third-order valence-corrected chi connectivity index (χ3v) is 6.67. The number of nitrogens with one attached hydrogen (secondary N) is 1. The van der Waals surface area contributed by atoms with Crippen LogP contribution in [0, 0.1) is 13.8 Å². The van der Waals surface area contributed by atoms with Gasteiger partial charge in [0.15, 0.2) is 5.13 Å². The standard InChI is InChI=1S/C23H22N4O4S2/c1-4-31-19(29)8-15-10-33-23(25-15)26-18(28)9-27-12-24-21-20(22(27)30)17(11-32-21)16-6-5-13(2)7-14(16)3/h5-7,10-12H,4,8-9H2,1-3H3,(H,25,26,28). The number of thiazole rings is 1. The number of thiophene rings is 1. The summed E-state index contributed by atoms with van der Waals surface area (Å²) >= 11 is 2.61. The third-order valence-electron chi connectivity index (χ3n) is 4.98. The number of ether oxygens (including phenoxy) is 1. The fraction of sp³-hybridized carbons (Fsp3) is 0.261. The van der Waals surface area contributed by atoms with E-state index in [1.54, 1.807) is 12.3 Å². The summed E-state index contributed by atoms with van der Waals surface area (Å²) in [5.74, 6) is -0.777. The second-order valence-electron chi connectivity index (χ2n) is 7.50. The Morgan fingerprint density at radius 2 is 1.97 bits per heavy atom. The van der Waals surface area contributed by atoms with Gasteiger partial charge >= 0.3 is 5.97 Å². The van der Waals surface area contributed by atoms with E-state index >= 15 is 0 Å². The summed E-state index contributed by atoms with van der Waals surface area (Å²) in [6, 6.07) is 6.09. The maximum absolute atomic E-state index is 13.2. The van der Waals surface area contributed by atoms with Gasteiger partial charge < -0.3 is 10.1 Å². The van der Waals surface area contributed by atoms with E-state index < -0.39 is 5.91 Å². The van der Waals surface area contributed by atoms with Crippen LogP contribution in [0.2, 0.25) is 0 Å². The minimum absolute atomic E-state index is 0.0413. The number of benzene rings is 1. The number of carbonyl (C=O) groups excluding carboxylic acids is 2. The van der Waals surface area contributed by atoms with Gasteiger partial charge in [-0.05, 0) is 31.9 Å². The fourth-order valence-corrected chi connectivity index (χ4v) is 5.14. The van der Waals surface area contributed by atoms with Crippen LogP contribution in [0.1, 0.15) is 23.7 Å². The van der Waals surface area contributed by atoms with Crippen LogP contribution in [0.3, 0.4) is 0 Å². The molecular weight excluding hydrogens is 460 g/mol. The van der Waals surface area contributed by atoms with Crippen LogP contribution in [0.25, 0.3) is 21.3 Å². The van der Waals surface area contributed by atoms with Gasteiger partial charge in [0.05, 0.1) is 30.4 Å². The normalized spacial score (nSPS) is 11.0. The molecule has 0 atom stereocenters. The number of carbonyl (C=O) groups is 2. The summed E-state index contributed by atoms with van der Waals surface area (Å²) < 4.78 is 6.20. The zero-order valence-electron chi connectivity index (χ0n) is 18.4. The molecule has 1 N–H and O–H groups in total. The Balaban J connectivity index is 1.54. The molecule has 0 aliphatic rings. The second-order valence-corrected chi connectivity index (χ2v) is 9.22. The Bertz CT molecular complexity index is 1400. The summed E-state index contributed by atoms with van der Waals surface area (Å²) in [6.45, 7) is 5.88. The lowest BCUT2D eigenvalue weighted by molar-refractivity contribution is -0.142. The summed E-state index contributed by atoms with van der Waals surface area (Å²) in [5, 5.41) is 7.16. The lowest BCUT2D eigenvalue weighted by Gasteiger charge is -2.08. The molecule has 0 spiro atoms. The van der Waals surface area contributed by atoms with Crippen LogP contribution >= 0.6 is 22.7 Å². The minimum atomic E-state index is -0.404. The molecular formula is C23H22N4O4S2. The summed E-state index contributed by atoms with van der Waals surface area (Å²) in [5.41, 5.74) is 4.27. The molecule has 33 heavy (non-hydrogen) atoms. The van der Waals surface area contributed by atoms with Crippen LogP contribution in [0.4, 0.5) is 5.13 Å². The van der Waals surface area contributed by atoms with Crippen molar-refractivity contribution in [1.82, 2.24) is 14.5 Å². The first-order chi connectivity index (χ1) is 15.9. The zero-order chi connectivity index (χ0) is 23.5. The highest BCUT2D eigenvalue weighted by atomic mass is 32.1. The van der Waals surface area contributed by atoms with Crippen molar-refractivity contribution in [1.29, 1.82) is 0 Å². The molecule has 8 nitrogen and oxygen atoms in total. The Morgan fingerprint density at radius 3 is 2.73 bits per heavy atom. The monoisotopic (exact) mass is 482 g/mol. The largest absolute Gasteiger partial charge is 0.466 e. The molecule has 0 bridgehead atoms. The highest BCUT2D eigenvalue weighted by Gasteiger charge is 2.17. The topological polar surface area (TPSA) is 103 Å². The molecule has 10 heteroatoms. The van der Waals surface area contributed by atoms with E-state index in [0.29, 0.717) is 27.6 Å². The molecule has 0 radical (unpaired) electrons. The molecule has 170 valence electrons. The molecule has 0 aliphatic heterocycles.